The molecule has 0 rings (SSSR count). The van der Waals surface area contributed by atoms with E-state index in [9.17, 15) is 4.79 Å². The second-order valence-corrected chi connectivity index (χ2v) is 17.4. The molecule has 180 valence electrons. The molecule has 0 aliphatic carbocycles. The van der Waals surface area contributed by atoms with Crippen LogP contribution in [0.3, 0.4) is 0 Å². The molecule has 0 N–H and O–H groups in total. The van der Waals surface area contributed by atoms with E-state index < -0.39 is 17.1 Å². The van der Waals surface area contributed by atoms with Crippen LogP contribution in [0.2, 0.25) is 23.2 Å². The summed E-state index contributed by atoms with van der Waals surface area (Å²) in [7, 11) is -0.337. The Labute approximate surface area is 189 Å². The van der Waals surface area contributed by atoms with Crippen molar-refractivity contribution in [1.29, 1.82) is 0 Å². The molecule has 0 aromatic rings. The van der Waals surface area contributed by atoms with Crippen LogP contribution < -0.4 is 0 Å². The van der Waals surface area contributed by atoms with Crippen molar-refractivity contribution in [3.05, 3.63) is 0 Å². The Balaban J connectivity index is 5.50. The Morgan fingerprint density at radius 3 is 1.57 bits per heavy atom. The van der Waals surface area contributed by atoms with E-state index in [2.05, 4.69) is 34.6 Å². The summed E-state index contributed by atoms with van der Waals surface area (Å²) in [6.07, 6.45) is 9.67. The van der Waals surface area contributed by atoms with Crippen molar-refractivity contribution in [3.8, 4) is 0 Å². The zero-order valence-corrected chi connectivity index (χ0v) is 23.4. The minimum atomic E-state index is -2.82. The predicted octanol–water partition coefficient (Wildman–Crippen LogP) is 6.95. The van der Waals surface area contributed by atoms with Crippen LogP contribution in [0.15, 0.2) is 0 Å². The maximum absolute atomic E-state index is 13.3. The van der Waals surface area contributed by atoms with Gasteiger partial charge < -0.3 is 17.7 Å². The molecule has 0 heterocycles. The van der Waals surface area contributed by atoms with Gasteiger partial charge in [0.15, 0.2) is 0 Å². The molecule has 0 aromatic heterocycles. The average Bonchev–Trinajstić information content (AvgIpc) is 2.71. The van der Waals surface area contributed by atoms with Gasteiger partial charge in [-0.3, -0.25) is 4.79 Å². The number of hydrogen-bond acceptors (Lipinski definition) is 5. The third-order valence-corrected chi connectivity index (χ3v) is 15.0. The fraction of sp³-hybridized carbons (Fsp3) is 0.957. The fourth-order valence-electron chi connectivity index (χ4n) is 4.06. The van der Waals surface area contributed by atoms with Gasteiger partial charge in [-0.25, -0.2) is 0 Å². The van der Waals surface area contributed by atoms with Gasteiger partial charge in [0.05, 0.1) is 5.92 Å². The lowest BCUT2D eigenvalue weighted by molar-refractivity contribution is -0.139. The van der Waals surface area contributed by atoms with Crippen LogP contribution in [0.25, 0.3) is 0 Å². The van der Waals surface area contributed by atoms with Crippen LogP contribution in [-0.4, -0.2) is 44.4 Å². The summed E-state index contributed by atoms with van der Waals surface area (Å²) in [6.45, 7) is 13.2. The van der Waals surface area contributed by atoms with Crippen LogP contribution >= 0.6 is 0 Å². The first kappa shape index (κ1) is 29.8. The van der Waals surface area contributed by atoms with Gasteiger partial charge in [-0.05, 0) is 17.1 Å². The summed E-state index contributed by atoms with van der Waals surface area (Å²) in [5.41, 5.74) is 0. The molecule has 0 amide bonds. The maximum Gasteiger partial charge on any atom is 0.501 e. The van der Waals surface area contributed by atoms with Crippen LogP contribution in [0.5, 0.6) is 0 Å². The van der Waals surface area contributed by atoms with Crippen LogP contribution in [-0.2, 0) is 22.5 Å². The summed E-state index contributed by atoms with van der Waals surface area (Å²) in [6, 6.07) is 2.56. The second-order valence-electron chi connectivity index (χ2n) is 9.69. The van der Waals surface area contributed by atoms with E-state index in [1.807, 2.05) is 6.92 Å². The molecule has 0 radical (unpaired) electrons. The van der Waals surface area contributed by atoms with Gasteiger partial charge in [0.25, 0.3) is 14.3 Å². The number of hydrogen-bond donors (Lipinski definition) is 0. The Morgan fingerprint density at radius 1 is 0.800 bits per heavy atom. The molecule has 1 atom stereocenters. The monoisotopic (exact) mass is 462 g/mol. The molecule has 0 fully saturated rings. The summed E-state index contributed by atoms with van der Waals surface area (Å²) in [4.78, 5) is 13.3. The lowest BCUT2D eigenvalue weighted by Crippen LogP contribution is -2.51. The van der Waals surface area contributed by atoms with Crippen molar-refractivity contribution in [3.63, 3.8) is 0 Å². The van der Waals surface area contributed by atoms with Crippen molar-refractivity contribution >= 4 is 23.1 Å². The van der Waals surface area contributed by atoms with E-state index in [0.717, 1.165) is 24.9 Å². The first-order valence-corrected chi connectivity index (χ1v) is 16.2. The van der Waals surface area contributed by atoms with Crippen LogP contribution in [0, 0.1) is 5.92 Å². The molecule has 0 saturated heterocycles. The van der Waals surface area contributed by atoms with E-state index >= 15 is 0 Å². The Hall–Kier alpha value is -0.216. The van der Waals surface area contributed by atoms with Crippen LogP contribution in [0.1, 0.15) is 92.9 Å². The number of rotatable bonds is 17. The maximum atomic E-state index is 13.3. The topological polar surface area (TPSA) is 54.0 Å². The average molecular weight is 463 g/mol. The van der Waals surface area contributed by atoms with E-state index in [4.69, 9.17) is 17.7 Å². The molecule has 30 heavy (non-hydrogen) atoms. The third-order valence-electron chi connectivity index (χ3n) is 6.42. The third kappa shape index (κ3) is 9.51. The second kappa shape index (κ2) is 14.8. The van der Waals surface area contributed by atoms with Gasteiger partial charge >= 0.3 is 8.80 Å². The van der Waals surface area contributed by atoms with Gasteiger partial charge in [-0.1, -0.05) is 92.9 Å². The first-order valence-electron chi connectivity index (χ1n) is 11.9. The Morgan fingerprint density at radius 2 is 1.23 bits per heavy atom. The zero-order valence-electron chi connectivity index (χ0n) is 21.4. The SMILES string of the molecule is CCCCCC[Si](CCCCCC)(OC(=O)C(C)C[Si](OC)(OC)OC)C(C)(C)C. The summed E-state index contributed by atoms with van der Waals surface area (Å²) in [5, 5.41) is 0.0130. The van der Waals surface area contributed by atoms with Crippen molar-refractivity contribution in [2.45, 2.75) is 116 Å². The van der Waals surface area contributed by atoms with E-state index in [1.54, 1.807) is 21.3 Å². The highest BCUT2D eigenvalue weighted by Crippen LogP contribution is 2.45. The van der Waals surface area contributed by atoms with E-state index in [1.165, 1.54) is 38.5 Å². The highest BCUT2D eigenvalue weighted by Gasteiger charge is 2.50. The summed E-state index contributed by atoms with van der Waals surface area (Å²) < 4.78 is 23.2. The lowest BCUT2D eigenvalue weighted by Gasteiger charge is -2.43. The largest absolute Gasteiger partial charge is 0.518 e. The molecular formula is C23H50O5Si2. The van der Waals surface area contributed by atoms with Crippen LogP contribution in [0.4, 0.5) is 0 Å². The van der Waals surface area contributed by atoms with Gasteiger partial charge in [0, 0.05) is 27.4 Å². The zero-order chi connectivity index (χ0) is 23.3. The number of unbranched alkanes of at least 4 members (excludes halogenated alkanes) is 6. The fourth-order valence-corrected chi connectivity index (χ4v) is 10.5. The smallest absolute Gasteiger partial charge is 0.501 e. The van der Waals surface area contributed by atoms with Crippen molar-refractivity contribution in [2.24, 2.45) is 5.92 Å². The predicted molar refractivity (Wildman–Crippen MR) is 130 cm³/mol. The van der Waals surface area contributed by atoms with Gasteiger partial charge in [-0.15, -0.1) is 0 Å². The minimum Gasteiger partial charge on any atom is -0.518 e. The normalized spacial score (nSPS) is 14.0. The molecule has 0 saturated carbocycles. The molecular weight excluding hydrogens is 412 g/mol. The first-order chi connectivity index (χ1) is 14.1. The lowest BCUT2D eigenvalue weighted by atomic mass is 10.2. The Bertz CT molecular complexity index is 441. The molecule has 5 nitrogen and oxygen atoms in total. The quantitative estimate of drug-likeness (QED) is 0.173. The van der Waals surface area contributed by atoms with E-state index in [0.29, 0.717) is 6.04 Å². The highest BCUT2D eigenvalue weighted by atomic mass is 28.4. The standard InChI is InChI=1S/C23H50O5Si2/c1-10-12-14-16-18-29(23(4,5)6,19-17-15-13-11-2)28-22(24)21(3)20-30(25-7,26-8)27-9/h21H,10-20H2,1-9H3. The molecule has 0 aliphatic rings. The Kier molecular flexibility index (Phi) is 14.7. The molecule has 0 aromatic carbocycles. The molecule has 0 bridgehead atoms. The summed E-state index contributed by atoms with van der Waals surface area (Å²) in [5.74, 6) is -0.414. The van der Waals surface area contributed by atoms with Gasteiger partial charge in [-0.2, -0.15) is 0 Å². The van der Waals surface area contributed by atoms with Crippen molar-refractivity contribution in [1.82, 2.24) is 0 Å². The molecule has 1 unspecified atom stereocenters. The van der Waals surface area contributed by atoms with Gasteiger partial charge in [0.1, 0.15) is 0 Å². The summed E-state index contributed by atoms with van der Waals surface area (Å²) >= 11 is 0. The number of carbonyl (C=O) groups excluding carboxylic acids is 1. The van der Waals surface area contributed by atoms with Crippen molar-refractivity contribution in [2.75, 3.05) is 21.3 Å². The molecule has 0 spiro atoms. The molecule has 7 heteroatoms. The van der Waals surface area contributed by atoms with Gasteiger partial charge in [0.2, 0.25) is 0 Å². The van der Waals surface area contributed by atoms with E-state index in [-0.39, 0.29) is 16.9 Å². The van der Waals surface area contributed by atoms with Crippen molar-refractivity contribution < 1.29 is 22.5 Å². The minimum absolute atomic E-state index is 0.0130. The number of carbonyl (C=O) groups is 1. The highest BCUT2D eigenvalue weighted by molar-refractivity contribution is 6.78. The molecule has 0 aliphatic heterocycles.